The molecule has 4 heteroatoms. The van der Waals surface area contributed by atoms with Gasteiger partial charge < -0.3 is 9.47 Å². The highest BCUT2D eigenvalue weighted by atomic mass is 19.1. The van der Waals surface area contributed by atoms with E-state index in [0.717, 1.165) is 16.9 Å². The lowest BCUT2D eigenvalue weighted by Gasteiger charge is -2.03. The number of hydrogen-bond donors (Lipinski definition) is 0. The Balaban J connectivity index is 1.88. The predicted molar refractivity (Wildman–Crippen MR) is 81.4 cm³/mol. The molecule has 2 aromatic carbocycles. The molecule has 0 amide bonds. The first-order valence-corrected chi connectivity index (χ1v) is 6.71. The summed E-state index contributed by atoms with van der Waals surface area (Å²) in [6.07, 6.45) is 3.34. The van der Waals surface area contributed by atoms with Crippen molar-refractivity contribution in [1.29, 1.82) is 0 Å². The fourth-order valence-electron chi connectivity index (χ4n) is 2.13. The van der Waals surface area contributed by atoms with Crippen LogP contribution in [0.3, 0.4) is 0 Å². The third kappa shape index (κ3) is 2.91. The average Bonchev–Trinajstić information content (AvgIpc) is 2.91. The zero-order chi connectivity index (χ0) is 15.5. The van der Waals surface area contributed by atoms with Crippen molar-refractivity contribution in [3.05, 3.63) is 77.1 Å². The van der Waals surface area contributed by atoms with Gasteiger partial charge in [-0.05, 0) is 54.1 Å². The highest BCUT2D eigenvalue weighted by Crippen LogP contribution is 2.28. The first kappa shape index (κ1) is 14.1. The van der Waals surface area contributed by atoms with Gasteiger partial charge in [-0.2, -0.15) is 0 Å². The van der Waals surface area contributed by atoms with E-state index in [1.54, 1.807) is 43.5 Å². The summed E-state index contributed by atoms with van der Waals surface area (Å²) < 4.78 is 23.2. The summed E-state index contributed by atoms with van der Waals surface area (Å²) in [4.78, 5) is 11.9. The van der Waals surface area contributed by atoms with Gasteiger partial charge in [0.25, 0.3) is 0 Å². The van der Waals surface area contributed by atoms with E-state index >= 15 is 0 Å². The number of ether oxygens (including phenoxy) is 2. The van der Waals surface area contributed by atoms with Gasteiger partial charge in [0.05, 0.1) is 12.7 Å². The Hall–Kier alpha value is -2.88. The third-order valence-corrected chi connectivity index (χ3v) is 3.29. The topological polar surface area (TPSA) is 35.5 Å². The summed E-state index contributed by atoms with van der Waals surface area (Å²) >= 11 is 0. The maximum absolute atomic E-state index is 12.9. The summed E-state index contributed by atoms with van der Waals surface area (Å²) in [7, 11) is 1.59. The van der Waals surface area contributed by atoms with Crippen molar-refractivity contribution in [2.24, 2.45) is 0 Å². The summed E-state index contributed by atoms with van der Waals surface area (Å²) in [6.45, 7) is 0. The molecule has 110 valence electrons. The van der Waals surface area contributed by atoms with Crippen LogP contribution in [0.2, 0.25) is 0 Å². The van der Waals surface area contributed by atoms with E-state index in [2.05, 4.69) is 0 Å². The fraction of sp³-hybridized carbons (Fsp3) is 0.0556. The standard InChI is InChI=1S/C18H13FO3/c1-21-16-8-4-13(5-9-16)17-11-14(18(20)22-17)10-12-2-6-15(19)7-3-12/h2-11H,1H3/b14-10-. The quantitative estimate of drug-likeness (QED) is 0.638. The Morgan fingerprint density at radius 2 is 1.73 bits per heavy atom. The maximum atomic E-state index is 12.9. The van der Waals surface area contributed by atoms with Crippen molar-refractivity contribution in [2.75, 3.05) is 7.11 Å². The van der Waals surface area contributed by atoms with Gasteiger partial charge in [0.15, 0.2) is 0 Å². The Labute approximate surface area is 127 Å². The van der Waals surface area contributed by atoms with Crippen LogP contribution in [-0.2, 0) is 9.53 Å². The van der Waals surface area contributed by atoms with Gasteiger partial charge in [0.2, 0.25) is 0 Å². The van der Waals surface area contributed by atoms with Gasteiger partial charge in [-0.1, -0.05) is 12.1 Å². The van der Waals surface area contributed by atoms with E-state index < -0.39 is 5.97 Å². The highest BCUT2D eigenvalue weighted by Gasteiger charge is 2.21. The average molecular weight is 296 g/mol. The van der Waals surface area contributed by atoms with Crippen molar-refractivity contribution in [2.45, 2.75) is 0 Å². The lowest BCUT2D eigenvalue weighted by Crippen LogP contribution is -1.97. The second-order valence-electron chi connectivity index (χ2n) is 4.78. The fourth-order valence-corrected chi connectivity index (χ4v) is 2.13. The van der Waals surface area contributed by atoms with Crippen LogP contribution in [0.5, 0.6) is 5.75 Å². The monoisotopic (exact) mass is 296 g/mol. The largest absolute Gasteiger partial charge is 0.497 e. The summed E-state index contributed by atoms with van der Waals surface area (Å²) in [5.74, 6) is 0.484. The molecule has 0 atom stereocenters. The van der Waals surface area contributed by atoms with E-state index in [1.165, 1.54) is 12.1 Å². The number of rotatable bonds is 3. The molecule has 0 saturated heterocycles. The van der Waals surface area contributed by atoms with Crippen LogP contribution >= 0.6 is 0 Å². The van der Waals surface area contributed by atoms with Crippen molar-refractivity contribution < 1.29 is 18.7 Å². The minimum Gasteiger partial charge on any atom is -0.497 e. The Morgan fingerprint density at radius 1 is 1.05 bits per heavy atom. The number of carbonyl (C=O) groups is 1. The predicted octanol–water partition coefficient (Wildman–Crippen LogP) is 3.82. The molecule has 3 rings (SSSR count). The molecule has 2 aromatic rings. The van der Waals surface area contributed by atoms with Crippen LogP contribution in [-0.4, -0.2) is 13.1 Å². The molecule has 0 unspecified atom stereocenters. The van der Waals surface area contributed by atoms with Gasteiger partial charge in [-0.15, -0.1) is 0 Å². The van der Waals surface area contributed by atoms with Crippen molar-refractivity contribution in [1.82, 2.24) is 0 Å². The van der Waals surface area contributed by atoms with Gasteiger partial charge in [0.1, 0.15) is 17.3 Å². The Kier molecular flexibility index (Phi) is 3.74. The van der Waals surface area contributed by atoms with Crippen molar-refractivity contribution in [3.63, 3.8) is 0 Å². The molecule has 22 heavy (non-hydrogen) atoms. The van der Waals surface area contributed by atoms with Crippen molar-refractivity contribution in [3.8, 4) is 5.75 Å². The van der Waals surface area contributed by atoms with Crippen LogP contribution in [0, 0.1) is 5.82 Å². The first-order valence-electron chi connectivity index (χ1n) is 6.71. The number of benzene rings is 2. The van der Waals surface area contributed by atoms with Gasteiger partial charge >= 0.3 is 5.97 Å². The zero-order valence-corrected chi connectivity index (χ0v) is 11.9. The molecule has 0 aromatic heterocycles. The summed E-state index contributed by atoms with van der Waals surface area (Å²) in [6, 6.07) is 13.1. The minimum absolute atomic E-state index is 0.314. The SMILES string of the molecule is COc1ccc(C2=C/C(=C/c3ccc(F)cc3)C(=O)O2)cc1. The van der Waals surface area contributed by atoms with Gasteiger partial charge in [-0.3, -0.25) is 0 Å². The molecule has 1 heterocycles. The molecule has 1 aliphatic rings. The number of carbonyl (C=O) groups excluding carboxylic acids is 1. The Bertz CT molecular complexity index is 756. The van der Waals surface area contributed by atoms with Crippen LogP contribution in [0.4, 0.5) is 4.39 Å². The number of halogens is 1. The van der Waals surface area contributed by atoms with E-state index in [1.807, 2.05) is 12.1 Å². The van der Waals surface area contributed by atoms with Crippen LogP contribution in [0.1, 0.15) is 11.1 Å². The molecule has 3 nitrogen and oxygen atoms in total. The highest BCUT2D eigenvalue weighted by molar-refractivity contribution is 6.05. The molecule has 1 aliphatic heterocycles. The zero-order valence-electron chi connectivity index (χ0n) is 11.9. The molecular formula is C18H13FO3. The lowest BCUT2D eigenvalue weighted by atomic mass is 10.1. The van der Waals surface area contributed by atoms with Crippen molar-refractivity contribution >= 4 is 17.8 Å². The Morgan fingerprint density at radius 3 is 2.36 bits per heavy atom. The van der Waals surface area contributed by atoms with E-state index in [0.29, 0.717) is 11.3 Å². The molecule has 0 fully saturated rings. The number of hydrogen-bond acceptors (Lipinski definition) is 3. The van der Waals surface area contributed by atoms with E-state index in [-0.39, 0.29) is 5.82 Å². The third-order valence-electron chi connectivity index (χ3n) is 3.29. The van der Waals surface area contributed by atoms with Gasteiger partial charge in [0, 0.05) is 5.56 Å². The van der Waals surface area contributed by atoms with E-state index in [4.69, 9.17) is 9.47 Å². The van der Waals surface area contributed by atoms with Crippen LogP contribution in [0.25, 0.3) is 11.8 Å². The lowest BCUT2D eigenvalue weighted by molar-refractivity contribution is -0.130. The number of esters is 1. The second kappa shape index (κ2) is 5.85. The first-order chi connectivity index (χ1) is 10.7. The molecule has 0 radical (unpaired) electrons. The number of cyclic esters (lactones) is 1. The normalized spacial score (nSPS) is 15.6. The number of methoxy groups -OCH3 is 1. The molecule has 0 bridgehead atoms. The van der Waals surface area contributed by atoms with Crippen LogP contribution in [0.15, 0.2) is 60.2 Å². The molecule has 0 spiro atoms. The van der Waals surface area contributed by atoms with E-state index in [9.17, 15) is 9.18 Å². The second-order valence-corrected chi connectivity index (χ2v) is 4.78. The van der Waals surface area contributed by atoms with Gasteiger partial charge in [-0.25, -0.2) is 9.18 Å². The summed E-state index contributed by atoms with van der Waals surface area (Å²) in [5, 5.41) is 0. The summed E-state index contributed by atoms with van der Waals surface area (Å²) in [5.41, 5.74) is 1.95. The maximum Gasteiger partial charge on any atom is 0.343 e. The minimum atomic E-state index is -0.421. The molecule has 0 saturated carbocycles. The molecule has 0 aliphatic carbocycles. The smallest absolute Gasteiger partial charge is 0.343 e. The van der Waals surface area contributed by atoms with Crippen LogP contribution < -0.4 is 4.74 Å². The molecule has 0 N–H and O–H groups in total. The molecular weight excluding hydrogens is 283 g/mol.